The number of aliphatic carboxylic acids is 1. The number of nitrogens with zero attached hydrogens (tertiary/aromatic N) is 1. The van der Waals surface area contributed by atoms with Crippen LogP contribution in [0.15, 0.2) is 72.9 Å². The molecule has 3 aromatic carbocycles. The third-order valence-corrected chi connectivity index (χ3v) is 6.72. The summed E-state index contributed by atoms with van der Waals surface area (Å²) >= 11 is 0. The predicted octanol–water partition coefficient (Wildman–Crippen LogP) is 4.58. The highest BCUT2D eigenvalue weighted by Crippen LogP contribution is 2.30. The average Bonchev–Trinajstić information content (AvgIpc) is 3.37. The molecule has 0 amide bonds. The van der Waals surface area contributed by atoms with E-state index >= 15 is 0 Å². The number of carbonyl (C=O) groups excluding carboxylic acids is 1. The maximum absolute atomic E-state index is 11.8. The number of rotatable bonds is 7. The number of esters is 1. The molecular formula is C28H28N2O5. The second kappa shape index (κ2) is 10.2. The first kappa shape index (κ1) is 22.9. The number of benzene rings is 3. The zero-order valence-corrected chi connectivity index (χ0v) is 19.4. The molecule has 7 nitrogen and oxygen atoms in total. The molecule has 1 aliphatic rings. The summed E-state index contributed by atoms with van der Waals surface area (Å²) in [5.41, 5.74) is 2.29. The molecule has 0 bridgehead atoms. The fourth-order valence-corrected chi connectivity index (χ4v) is 4.89. The van der Waals surface area contributed by atoms with Crippen LogP contribution >= 0.6 is 0 Å². The van der Waals surface area contributed by atoms with Crippen molar-refractivity contribution in [3.05, 3.63) is 78.5 Å². The Hall–Kier alpha value is -3.84. The lowest BCUT2D eigenvalue weighted by Crippen LogP contribution is -2.43. The number of aromatic amines is 1. The molecule has 1 atom stereocenters. The number of ether oxygens (including phenoxy) is 2. The molecule has 2 N–H and O–H groups in total. The lowest BCUT2D eigenvalue weighted by atomic mass is 9.88. The van der Waals surface area contributed by atoms with E-state index in [-0.39, 0.29) is 6.61 Å². The second-order valence-corrected chi connectivity index (χ2v) is 9.02. The van der Waals surface area contributed by atoms with Gasteiger partial charge in [-0.25, -0.2) is 9.59 Å². The third kappa shape index (κ3) is 5.30. The van der Waals surface area contributed by atoms with Gasteiger partial charge in [0.15, 0.2) is 0 Å². The Morgan fingerprint density at radius 1 is 1.00 bits per heavy atom. The normalized spacial score (nSPS) is 15.8. The van der Waals surface area contributed by atoms with Crippen LogP contribution in [0.4, 0.5) is 0 Å². The Balaban J connectivity index is 1.22. The largest absolute Gasteiger partial charge is 0.489 e. The zero-order chi connectivity index (χ0) is 24.2. The quantitative estimate of drug-likeness (QED) is 0.302. The number of likely N-dealkylation sites (tertiary alicyclic amines) is 1. The van der Waals surface area contributed by atoms with Crippen LogP contribution in [-0.4, -0.2) is 59.3 Å². The van der Waals surface area contributed by atoms with Crippen LogP contribution in [-0.2, 0) is 14.3 Å². The van der Waals surface area contributed by atoms with Gasteiger partial charge in [-0.2, -0.15) is 0 Å². The Kier molecular flexibility index (Phi) is 6.68. The topological polar surface area (TPSA) is 91.9 Å². The molecule has 5 rings (SSSR count). The molecule has 1 aromatic heterocycles. The summed E-state index contributed by atoms with van der Waals surface area (Å²) < 4.78 is 11.3. The Morgan fingerprint density at radius 3 is 2.60 bits per heavy atom. The Bertz CT molecular complexity index is 1340. The highest BCUT2D eigenvalue weighted by Gasteiger charge is 2.27. The molecule has 1 fully saturated rings. The summed E-state index contributed by atoms with van der Waals surface area (Å²) in [4.78, 5) is 28.3. The molecule has 1 saturated heterocycles. The minimum atomic E-state index is -1.60. The van der Waals surface area contributed by atoms with E-state index in [9.17, 15) is 9.59 Å². The minimum absolute atomic E-state index is 0.0773. The van der Waals surface area contributed by atoms with Crippen molar-refractivity contribution in [1.82, 2.24) is 9.88 Å². The fourth-order valence-electron chi connectivity index (χ4n) is 4.89. The van der Waals surface area contributed by atoms with Crippen LogP contribution < -0.4 is 4.74 Å². The molecule has 0 saturated carbocycles. The summed E-state index contributed by atoms with van der Waals surface area (Å²) in [6.45, 7) is 2.18. The number of carbonyl (C=O) groups is 2. The van der Waals surface area contributed by atoms with E-state index in [1.165, 1.54) is 16.3 Å². The van der Waals surface area contributed by atoms with E-state index in [4.69, 9.17) is 14.6 Å². The first-order valence-electron chi connectivity index (χ1n) is 11.9. The molecule has 0 aliphatic carbocycles. The summed E-state index contributed by atoms with van der Waals surface area (Å²) in [5, 5.41) is 12.5. The number of piperidine rings is 1. The monoisotopic (exact) mass is 472 g/mol. The average molecular weight is 473 g/mol. The van der Waals surface area contributed by atoms with Crippen LogP contribution in [0.3, 0.4) is 0 Å². The van der Waals surface area contributed by atoms with Crippen molar-refractivity contribution in [1.29, 1.82) is 0 Å². The first-order chi connectivity index (χ1) is 17.1. The van der Waals surface area contributed by atoms with E-state index in [0.717, 1.165) is 36.8 Å². The third-order valence-electron chi connectivity index (χ3n) is 6.72. The maximum atomic E-state index is 11.8. The molecule has 180 valence electrons. The van der Waals surface area contributed by atoms with Gasteiger partial charge < -0.3 is 19.6 Å². The van der Waals surface area contributed by atoms with Crippen molar-refractivity contribution >= 4 is 33.6 Å². The van der Waals surface area contributed by atoms with Gasteiger partial charge in [0.2, 0.25) is 0 Å². The van der Waals surface area contributed by atoms with Crippen molar-refractivity contribution in [3.8, 4) is 5.75 Å². The van der Waals surface area contributed by atoms with Crippen LogP contribution in [0.1, 0.15) is 24.3 Å². The van der Waals surface area contributed by atoms with Gasteiger partial charge in [0.1, 0.15) is 18.5 Å². The zero-order valence-electron chi connectivity index (χ0n) is 19.4. The molecule has 0 unspecified atom stereocenters. The van der Waals surface area contributed by atoms with Gasteiger partial charge in [0.05, 0.1) is 0 Å². The van der Waals surface area contributed by atoms with Gasteiger partial charge in [0.25, 0.3) is 0 Å². The van der Waals surface area contributed by atoms with Crippen LogP contribution in [0, 0.1) is 0 Å². The number of carboxylic acids is 1. The summed E-state index contributed by atoms with van der Waals surface area (Å²) in [5.74, 6) is -1.73. The maximum Gasteiger partial charge on any atom is 0.417 e. The van der Waals surface area contributed by atoms with E-state index in [1.807, 2.05) is 30.5 Å². The molecule has 2 heterocycles. The molecule has 1 aliphatic heterocycles. The van der Waals surface area contributed by atoms with Crippen molar-refractivity contribution in [2.45, 2.75) is 24.9 Å². The van der Waals surface area contributed by atoms with Crippen molar-refractivity contribution in [3.63, 3.8) is 0 Å². The molecule has 35 heavy (non-hydrogen) atoms. The number of hydrogen-bond donors (Lipinski definition) is 2. The minimum Gasteiger partial charge on any atom is -0.489 e. The molecule has 7 heteroatoms. The fraction of sp³-hybridized carbons (Fsp3) is 0.286. The van der Waals surface area contributed by atoms with Gasteiger partial charge in [0, 0.05) is 23.6 Å². The number of hydrogen-bond acceptors (Lipinski definition) is 5. The molecule has 0 radical (unpaired) electrons. The van der Waals surface area contributed by atoms with Gasteiger partial charge in [-0.3, -0.25) is 4.90 Å². The Morgan fingerprint density at radius 2 is 1.80 bits per heavy atom. The lowest BCUT2D eigenvalue weighted by Gasteiger charge is -2.34. The predicted molar refractivity (Wildman–Crippen MR) is 134 cm³/mol. The second-order valence-electron chi connectivity index (χ2n) is 9.02. The van der Waals surface area contributed by atoms with Crippen molar-refractivity contribution < 1.29 is 24.2 Å². The number of carboxylic acid groups (broad SMARTS) is 1. The Labute approximate surface area is 203 Å². The summed E-state index contributed by atoms with van der Waals surface area (Å²) in [7, 11) is 0. The lowest BCUT2D eigenvalue weighted by molar-refractivity contribution is -0.169. The summed E-state index contributed by atoms with van der Waals surface area (Å²) in [6.07, 6.45) is 3.12. The van der Waals surface area contributed by atoms with E-state index in [0.29, 0.717) is 18.2 Å². The van der Waals surface area contributed by atoms with Crippen LogP contribution in [0.2, 0.25) is 0 Å². The van der Waals surface area contributed by atoms with Crippen LogP contribution in [0.25, 0.3) is 21.7 Å². The van der Waals surface area contributed by atoms with Gasteiger partial charge >= 0.3 is 11.9 Å². The standard InChI is InChI=1S/C28H28N2O5/c31-27(32)28(33)35-23(18-34-26-7-3-6-25-24(26)10-13-29-25)17-30-14-11-20(12-15-30)22-9-8-19-4-1-2-5-21(19)16-22/h1-10,13,16,20,23,29H,11-12,14-15,17-18H2,(H,31,32)/t23-/m0/s1. The number of nitrogens with one attached hydrogen (secondary N) is 1. The first-order valence-corrected chi connectivity index (χ1v) is 11.9. The highest BCUT2D eigenvalue weighted by atomic mass is 16.6. The number of aromatic nitrogens is 1. The van der Waals surface area contributed by atoms with Gasteiger partial charge in [-0.05, 0) is 66.4 Å². The highest BCUT2D eigenvalue weighted by molar-refractivity contribution is 6.28. The van der Waals surface area contributed by atoms with E-state index in [1.54, 1.807) is 0 Å². The number of H-pyrrole nitrogens is 1. The van der Waals surface area contributed by atoms with E-state index < -0.39 is 18.0 Å². The van der Waals surface area contributed by atoms with E-state index in [2.05, 4.69) is 52.3 Å². The molecular weight excluding hydrogens is 444 g/mol. The number of fused-ring (bicyclic) bond motifs is 2. The smallest absolute Gasteiger partial charge is 0.417 e. The molecule has 0 spiro atoms. The summed E-state index contributed by atoms with van der Waals surface area (Å²) in [6, 6.07) is 22.7. The van der Waals surface area contributed by atoms with Gasteiger partial charge in [-0.1, -0.05) is 48.5 Å². The van der Waals surface area contributed by atoms with Crippen molar-refractivity contribution in [2.75, 3.05) is 26.2 Å². The van der Waals surface area contributed by atoms with Gasteiger partial charge in [-0.15, -0.1) is 0 Å². The van der Waals surface area contributed by atoms with Crippen molar-refractivity contribution in [2.24, 2.45) is 0 Å². The van der Waals surface area contributed by atoms with Crippen LogP contribution in [0.5, 0.6) is 5.75 Å². The molecule has 4 aromatic rings. The SMILES string of the molecule is O=C(O)C(=O)O[C@H](COc1cccc2[nH]ccc12)CN1CCC(c2ccc3ccccc3c2)CC1.